The Labute approximate surface area is 92.6 Å². The normalized spacial score (nSPS) is 10.2. The van der Waals surface area contributed by atoms with Gasteiger partial charge in [-0.2, -0.15) is 0 Å². The molecule has 0 heterocycles. The van der Waals surface area contributed by atoms with Crippen molar-refractivity contribution < 1.29 is 4.79 Å². The molecule has 0 N–H and O–H groups in total. The summed E-state index contributed by atoms with van der Waals surface area (Å²) in [6, 6.07) is 0. The van der Waals surface area contributed by atoms with Gasteiger partial charge in [-0.1, -0.05) is 13.3 Å². The van der Waals surface area contributed by atoms with E-state index < -0.39 is 0 Å². The van der Waals surface area contributed by atoms with E-state index in [1.54, 1.807) is 0 Å². The zero-order valence-electron chi connectivity index (χ0n) is 9.39. The van der Waals surface area contributed by atoms with Crippen molar-refractivity contribution in [3.05, 3.63) is 0 Å². The molecule has 0 bridgehead atoms. The Morgan fingerprint density at radius 1 is 1.21 bits per heavy atom. The maximum absolute atomic E-state index is 11.6. The Morgan fingerprint density at radius 2 is 1.93 bits per heavy atom. The standard InChI is InChI=1S/C11H22ClNO/c1-3-5-10-13(4-2)11(14)8-6-7-9-12/h3-10H2,1-2H3. The minimum absolute atomic E-state index is 0.283. The molecular weight excluding hydrogens is 198 g/mol. The number of rotatable bonds is 8. The lowest BCUT2D eigenvalue weighted by molar-refractivity contribution is -0.131. The molecule has 1 amide bonds. The zero-order valence-corrected chi connectivity index (χ0v) is 10.1. The van der Waals surface area contributed by atoms with E-state index in [1.807, 2.05) is 11.8 Å². The minimum atomic E-state index is 0.283. The Bertz CT molecular complexity index is 150. The van der Waals surface area contributed by atoms with Gasteiger partial charge < -0.3 is 4.90 Å². The Kier molecular flexibility index (Phi) is 9.16. The highest BCUT2D eigenvalue weighted by atomic mass is 35.5. The van der Waals surface area contributed by atoms with Gasteiger partial charge in [-0.05, 0) is 26.2 Å². The van der Waals surface area contributed by atoms with Gasteiger partial charge in [-0.15, -0.1) is 11.6 Å². The predicted octanol–water partition coefficient (Wildman–Crippen LogP) is 3.04. The van der Waals surface area contributed by atoms with Gasteiger partial charge in [0.2, 0.25) is 5.91 Å². The summed E-state index contributed by atoms with van der Waals surface area (Å²) in [7, 11) is 0. The molecule has 0 saturated heterocycles. The fraction of sp³-hybridized carbons (Fsp3) is 0.909. The summed E-state index contributed by atoms with van der Waals surface area (Å²) < 4.78 is 0. The molecule has 0 radical (unpaired) electrons. The molecule has 2 nitrogen and oxygen atoms in total. The van der Waals surface area contributed by atoms with E-state index in [-0.39, 0.29) is 5.91 Å². The molecule has 0 aliphatic heterocycles. The molecule has 0 aromatic rings. The topological polar surface area (TPSA) is 20.3 Å². The number of alkyl halides is 1. The molecule has 14 heavy (non-hydrogen) atoms. The maximum atomic E-state index is 11.6. The van der Waals surface area contributed by atoms with E-state index in [2.05, 4.69) is 6.92 Å². The lowest BCUT2D eigenvalue weighted by Crippen LogP contribution is -2.31. The van der Waals surface area contributed by atoms with Crippen LogP contribution < -0.4 is 0 Å². The summed E-state index contributed by atoms with van der Waals surface area (Å²) in [5.41, 5.74) is 0. The number of unbranched alkanes of at least 4 members (excludes halogenated alkanes) is 2. The molecule has 84 valence electrons. The Morgan fingerprint density at radius 3 is 2.43 bits per heavy atom. The fourth-order valence-electron chi connectivity index (χ4n) is 1.34. The zero-order chi connectivity index (χ0) is 10.8. The lowest BCUT2D eigenvalue weighted by Gasteiger charge is -2.20. The highest BCUT2D eigenvalue weighted by Gasteiger charge is 2.09. The van der Waals surface area contributed by atoms with E-state index in [0.717, 1.165) is 38.8 Å². The molecule has 3 heteroatoms. The van der Waals surface area contributed by atoms with Crippen LogP contribution in [0.5, 0.6) is 0 Å². The van der Waals surface area contributed by atoms with E-state index in [1.165, 1.54) is 0 Å². The summed E-state index contributed by atoms with van der Waals surface area (Å²) >= 11 is 5.56. The number of carbonyl (C=O) groups is 1. The number of amides is 1. The highest BCUT2D eigenvalue weighted by molar-refractivity contribution is 6.17. The summed E-state index contributed by atoms with van der Waals surface area (Å²) in [5, 5.41) is 0. The van der Waals surface area contributed by atoms with Gasteiger partial charge in [-0.3, -0.25) is 4.79 Å². The van der Waals surface area contributed by atoms with Crippen molar-refractivity contribution in [1.29, 1.82) is 0 Å². The number of halogens is 1. The van der Waals surface area contributed by atoms with E-state index in [0.29, 0.717) is 12.3 Å². The van der Waals surface area contributed by atoms with Crippen LogP contribution in [0.25, 0.3) is 0 Å². The molecule has 0 aliphatic rings. The van der Waals surface area contributed by atoms with Gasteiger partial charge in [0.1, 0.15) is 0 Å². The van der Waals surface area contributed by atoms with Crippen molar-refractivity contribution in [1.82, 2.24) is 4.90 Å². The average Bonchev–Trinajstić information content (AvgIpc) is 2.19. The monoisotopic (exact) mass is 219 g/mol. The minimum Gasteiger partial charge on any atom is -0.343 e. The second kappa shape index (κ2) is 9.32. The van der Waals surface area contributed by atoms with Crippen LogP contribution in [0.1, 0.15) is 46.0 Å². The van der Waals surface area contributed by atoms with Crippen molar-refractivity contribution in [3.8, 4) is 0 Å². The Hall–Kier alpha value is -0.240. The summed E-state index contributed by atoms with van der Waals surface area (Å²) in [6.45, 7) is 5.92. The van der Waals surface area contributed by atoms with Gasteiger partial charge in [0.05, 0.1) is 0 Å². The maximum Gasteiger partial charge on any atom is 0.222 e. The third kappa shape index (κ3) is 6.25. The Balaban J connectivity index is 3.67. The van der Waals surface area contributed by atoms with E-state index in [9.17, 15) is 4.79 Å². The van der Waals surface area contributed by atoms with Crippen LogP contribution in [0, 0.1) is 0 Å². The van der Waals surface area contributed by atoms with Crippen molar-refractivity contribution >= 4 is 17.5 Å². The van der Waals surface area contributed by atoms with Gasteiger partial charge in [0.25, 0.3) is 0 Å². The molecule has 0 rings (SSSR count). The van der Waals surface area contributed by atoms with Gasteiger partial charge in [0.15, 0.2) is 0 Å². The molecule has 0 fully saturated rings. The largest absolute Gasteiger partial charge is 0.343 e. The van der Waals surface area contributed by atoms with E-state index >= 15 is 0 Å². The van der Waals surface area contributed by atoms with Crippen LogP contribution in [0.2, 0.25) is 0 Å². The second-order valence-electron chi connectivity index (χ2n) is 3.47. The predicted molar refractivity (Wildman–Crippen MR) is 61.7 cm³/mol. The van der Waals surface area contributed by atoms with Crippen LogP contribution in [0.3, 0.4) is 0 Å². The molecule has 0 aromatic heterocycles. The van der Waals surface area contributed by atoms with Crippen molar-refractivity contribution in [2.24, 2.45) is 0 Å². The number of hydrogen-bond donors (Lipinski definition) is 0. The second-order valence-corrected chi connectivity index (χ2v) is 3.85. The smallest absolute Gasteiger partial charge is 0.222 e. The first-order chi connectivity index (χ1) is 6.76. The molecule has 0 aliphatic carbocycles. The summed E-state index contributed by atoms with van der Waals surface area (Å²) in [5.74, 6) is 0.944. The molecule has 0 saturated carbocycles. The van der Waals surface area contributed by atoms with Crippen LogP contribution >= 0.6 is 11.6 Å². The quantitative estimate of drug-likeness (QED) is 0.454. The van der Waals surface area contributed by atoms with Crippen LogP contribution in [0.15, 0.2) is 0 Å². The van der Waals surface area contributed by atoms with Crippen LogP contribution in [-0.2, 0) is 4.79 Å². The molecule has 0 atom stereocenters. The first-order valence-corrected chi connectivity index (χ1v) is 6.13. The summed E-state index contributed by atoms with van der Waals surface area (Å²) in [4.78, 5) is 13.6. The first kappa shape index (κ1) is 13.8. The van der Waals surface area contributed by atoms with Gasteiger partial charge in [0, 0.05) is 25.4 Å². The van der Waals surface area contributed by atoms with Crippen LogP contribution in [-0.4, -0.2) is 29.8 Å². The van der Waals surface area contributed by atoms with Crippen LogP contribution in [0.4, 0.5) is 0 Å². The molecular formula is C11H22ClNO. The number of carbonyl (C=O) groups excluding carboxylic acids is 1. The van der Waals surface area contributed by atoms with Crippen molar-refractivity contribution in [3.63, 3.8) is 0 Å². The van der Waals surface area contributed by atoms with Crippen molar-refractivity contribution in [2.45, 2.75) is 46.0 Å². The third-order valence-electron chi connectivity index (χ3n) is 2.29. The van der Waals surface area contributed by atoms with Crippen molar-refractivity contribution in [2.75, 3.05) is 19.0 Å². The molecule has 0 unspecified atom stereocenters. The SMILES string of the molecule is CCCCN(CC)C(=O)CCCCCl. The lowest BCUT2D eigenvalue weighted by atomic mass is 10.2. The van der Waals surface area contributed by atoms with Gasteiger partial charge >= 0.3 is 0 Å². The fourth-order valence-corrected chi connectivity index (χ4v) is 1.53. The molecule has 0 aromatic carbocycles. The summed E-state index contributed by atoms with van der Waals surface area (Å²) in [6.07, 6.45) is 4.77. The number of nitrogens with zero attached hydrogens (tertiary/aromatic N) is 1. The van der Waals surface area contributed by atoms with E-state index in [4.69, 9.17) is 11.6 Å². The highest BCUT2D eigenvalue weighted by Crippen LogP contribution is 2.03. The third-order valence-corrected chi connectivity index (χ3v) is 2.56. The number of hydrogen-bond acceptors (Lipinski definition) is 1. The van der Waals surface area contributed by atoms with Gasteiger partial charge in [-0.25, -0.2) is 0 Å². The first-order valence-electron chi connectivity index (χ1n) is 5.60. The molecule has 0 spiro atoms. The average molecular weight is 220 g/mol.